The Morgan fingerprint density at radius 1 is 1.28 bits per heavy atom. The van der Waals surface area contributed by atoms with Gasteiger partial charge in [0.25, 0.3) is 0 Å². The van der Waals surface area contributed by atoms with Crippen LogP contribution < -0.4 is 5.73 Å². The van der Waals surface area contributed by atoms with Crippen LogP contribution >= 0.6 is 11.6 Å². The Hall–Kier alpha value is -2.47. The lowest BCUT2D eigenvalue weighted by molar-refractivity contribution is -0.118. The molecule has 3 aromatic rings. The number of hydrogen-bond donors (Lipinski definition) is 1. The predicted octanol–water partition coefficient (Wildman–Crippen LogP) is 3.29. The van der Waals surface area contributed by atoms with Crippen LogP contribution in [0.25, 0.3) is 22.4 Å². The first kappa shape index (κ1) is 16.0. The molecule has 1 aliphatic rings. The van der Waals surface area contributed by atoms with E-state index in [0.29, 0.717) is 30.3 Å². The second-order valence-corrected chi connectivity index (χ2v) is 6.84. The van der Waals surface area contributed by atoms with E-state index in [4.69, 9.17) is 22.3 Å². The van der Waals surface area contributed by atoms with Crippen LogP contribution in [0.15, 0.2) is 30.6 Å². The molecule has 0 radical (unpaired) electrons. The summed E-state index contributed by atoms with van der Waals surface area (Å²) in [6.45, 7) is 0.659. The number of hydrogen-bond acceptors (Lipinski definition) is 4. The van der Waals surface area contributed by atoms with Crippen molar-refractivity contribution in [2.45, 2.75) is 38.1 Å². The quantitative estimate of drug-likeness (QED) is 0.735. The molecular weight excluding hydrogens is 338 g/mol. The second-order valence-electron chi connectivity index (χ2n) is 6.40. The zero-order valence-electron chi connectivity index (χ0n) is 13.7. The Balaban J connectivity index is 1.74. The minimum absolute atomic E-state index is 0.284. The third-order valence-corrected chi connectivity index (χ3v) is 4.65. The molecule has 0 aromatic carbocycles. The topological polar surface area (TPSA) is 86.7 Å². The number of carbonyl (C=O) groups is 1. The fraction of sp³-hybridized carbons (Fsp3) is 0.333. The van der Waals surface area contributed by atoms with Crippen LogP contribution in [0.5, 0.6) is 0 Å². The van der Waals surface area contributed by atoms with Crippen molar-refractivity contribution in [3.8, 4) is 11.4 Å². The van der Waals surface area contributed by atoms with E-state index in [1.165, 1.54) is 18.4 Å². The SMILES string of the molecule is NC(=O)CCCn1ncc2nc(-c3ccc(Cl)cn3)cc(C3CC3)c21. The van der Waals surface area contributed by atoms with Gasteiger partial charge in [-0.3, -0.25) is 14.5 Å². The van der Waals surface area contributed by atoms with Crippen LogP contribution in [-0.2, 0) is 11.3 Å². The number of rotatable bonds is 6. The van der Waals surface area contributed by atoms with E-state index in [1.807, 2.05) is 16.8 Å². The number of halogens is 1. The third kappa shape index (κ3) is 3.35. The van der Waals surface area contributed by atoms with Gasteiger partial charge in [0.2, 0.25) is 5.91 Å². The van der Waals surface area contributed by atoms with Gasteiger partial charge in [-0.2, -0.15) is 5.10 Å². The van der Waals surface area contributed by atoms with E-state index in [0.717, 1.165) is 22.4 Å². The summed E-state index contributed by atoms with van der Waals surface area (Å²) in [6, 6.07) is 5.81. The van der Waals surface area contributed by atoms with Crippen molar-refractivity contribution in [1.82, 2.24) is 19.7 Å². The standard InChI is InChI=1S/C18H18ClN5O/c19-12-5-6-14(21-9-12)15-8-13(11-3-4-11)18-16(23-15)10-22-24(18)7-1-2-17(20)25/h5-6,8-11H,1-4,7H2,(H2,20,25). The summed E-state index contributed by atoms with van der Waals surface area (Å²) in [4.78, 5) is 20.1. The zero-order valence-corrected chi connectivity index (χ0v) is 14.4. The number of nitrogens with two attached hydrogens (primary N) is 1. The highest BCUT2D eigenvalue weighted by Gasteiger charge is 2.28. The summed E-state index contributed by atoms with van der Waals surface area (Å²) in [5.74, 6) is 0.260. The summed E-state index contributed by atoms with van der Waals surface area (Å²) in [5.41, 5.74) is 10.0. The molecule has 6 nitrogen and oxygen atoms in total. The molecule has 0 bridgehead atoms. The van der Waals surface area contributed by atoms with E-state index in [1.54, 1.807) is 12.4 Å². The number of aromatic nitrogens is 4. The Kier molecular flexibility index (Phi) is 4.13. The lowest BCUT2D eigenvalue weighted by Gasteiger charge is -2.09. The number of amides is 1. The van der Waals surface area contributed by atoms with E-state index in [-0.39, 0.29) is 5.91 Å². The fourth-order valence-corrected chi connectivity index (χ4v) is 3.18. The molecule has 7 heteroatoms. The first-order chi connectivity index (χ1) is 12.1. The van der Waals surface area contributed by atoms with Crippen LogP contribution in [0.2, 0.25) is 5.02 Å². The lowest BCUT2D eigenvalue weighted by Crippen LogP contribution is -2.12. The summed E-state index contributed by atoms with van der Waals surface area (Å²) in [6.07, 6.45) is 6.81. The average molecular weight is 356 g/mol. The molecule has 3 heterocycles. The van der Waals surface area contributed by atoms with E-state index < -0.39 is 0 Å². The minimum Gasteiger partial charge on any atom is -0.370 e. The molecule has 1 aliphatic carbocycles. The van der Waals surface area contributed by atoms with E-state index in [2.05, 4.69) is 16.1 Å². The van der Waals surface area contributed by atoms with Gasteiger partial charge in [0.1, 0.15) is 5.52 Å². The van der Waals surface area contributed by atoms with Crippen LogP contribution in [-0.4, -0.2) is 25.7 Å². The maximum Gasteiger partial charge on any atom is 0.217 e. The summed E-state index contributed by atoms with van der Waals surface area (Å²) in [7, 11) is 0. The molecule has 0 saturated heterocycles. The van der Waals surface area contributed by atoms with Crippen molar-refractivity contribution >= 4 is 28.5 Å². The van der Waals surface area contributed by atoms with Gasteiger partial charge in [0, 0.05) is 19.2 Å². The molecule has 128 valence electrons. The van der Waals surface area contributed by atoms with Crippen LogP contribution in [0.3, 0.4) is 0 Å². The minimum atomic E-state index is -0.284. The molecule has 3 aromatic heterocycles. The molecule has 1 saturated carbocycles. The largest absolute Gasteiger partial charge is 0.370 e. The Morgan fingerprint density at radius 2 is 2.12 bits per heavy atom. The van der Waals surface area contributed by atoms with Crippen LogP contribution in [0.1, 0.15) is 37.2 Å². The molecule has 1 fully saturated rings. The smallest absolute Gasteiger partial charge is 0.217 e. The maximum absolute atomic E-state index is 11.0. The molecule has 0 aliphatic heterocycles. The fourth-order valence-electron chi connectivity index (χ4n) is 3.07. The first-order valence-corrected chi connectivity index (χ1v) is 8.76. The van der Waals surface area contributed by atoms with Gasteiger partial charge in [0.15, 0.2) is 0 Å². The summed E-state index contributed by atoms with van der Waals surface area (Å²) >= 11 is 5.93. The Morgan fingerprint density at radius 3 is 2.80 bits per heavy atom. The average Bonchev–Trinajstić information content (AvgIpc) is 3.36. The van der Waals surface area contributed by atoms with E-state index >= 15 is 0 Å². The highest BCUT2D eigenvalue weighted by atomic mass is 35.5. The number of aryl methyl sites for hydroxylation is 1. The Bertz CT molecular complexity index is 931. The second kappa shape index (κ2) is 6.44. The van der Waals surface area contributed by atoms with Gasteiger partial charge in [-0.05, 0) is 48.9 Å². The van der Waals surface area contributed by atoms with Crippen LogP contribution in [0.4, 0.5) is 0 Å². The summed E-state index contributed by atoms with van der Waals surface area (Å²) in [5, 5.41) is 5.08. The number of carbonyl (C=O) groups excluding carboxylic acids is 1. The molecule has 25 heavy (non-hydrogen) atoms. The predicted molar refractivity (Wildman–Crippen MR) is 96.2 cm³/mol. The lowest BCUT2D eigenvalue weighted by atomic mass is 10.1. The number of primary amides is 1. The van der Waals surface area contributed by atoms with Gasteiger partial charge < -0.3 is 5.73 Å². The van der Waals surface area contributed by atoms with Gasteiger partial charge in [0.05, 0.1) is 28.1 Å². The van der Waals surface area contributed by atoms with Crippen molar-refractivity contribution in [2.24, 2.45) is 5.73 Å². The molecule has 2 N–H and O–H groups in total. The van der Waals surface area contributed by atoms with Crippen molar-refractivity contribution in [1.29, 1.82) is 0 Å². The van der Waals surface area contributed by atoms with Gasteiger partial charge in [-0.15, -0.1) is 0 Å². The zero-order chi connectivity index (χ0) is 17.4. The van der Waals surface area contributed by atoms with Gasteiger partial charge >= 0.3 is 0 Å². The molecule has 1 amide bonds. The van der Waals surface area contributed by atoms with Crippen molar-refractivity contribution in [3.63, 3.8) is 0 Å². The first-order valence-electron chi connectivity index (χ1n) is 8.38. The van der Waals surface area contributed by atoms with Crippen molar-refractivity contribution in [3.05, 3.63) is 41.2 Å². The van der Waals surface area contributed by atoms with Crippen LogP contribution in [0, 0.1) is 0 Å². The van der Waals surface area contributed by atoms with Gasteiger partial charge in [-0.25, -0.2) is 4.98 Å². The molecular formula is C18H18ClN5O. The van der Waals surface area contributed by atoms with Crippen molar-refractivity contribution < 1.29 is 4.79 Å². The molecule has 0 spiro atoms. The monoisotopic (exact) mass is 355 g/mol. The number of nitrogens with zero attached hydrogens (tertiary/aromatic N) is 4. The third-order valence-electron chi connectivity index (χ3n) is 4.43. The normalized spacial score (nSPS) is 14.1. The van der Waals surface area contributed by atoms with Gasteiger partial charge in [-0.1, -0.05) is 11.6 Å². The number of fused-ring (bicyclic) bond motifs is 1. The molecule has 0 atom stereocenters. The highest BCUT2D eigenvalue weighted by Crippen LogP contribution is 2.44. The number of pyridine rings is 2. The van der Waals surface area contributed by atoms with Crippen molar-refractivity contribution in [2.75, 3.05) is 0 Å². The Labute approximate surface area is 150 Å². The molecule has 4 rings (SSSR count). The molecule has 0 unspecified atom stereocenters. The van der Waals surface area contributed by atoms with E-state index in [9.17, 15) is 4.79 Å². The highest BCUT2D eigenvalue weighted by molar-refractivity contribution is 6.30. The summed E-state index contributed by atoms with van der Waals surface area (Å²) < 4.78 is 1.94. The maximum atomic E-state index is 11.0.